The zero-order valence-corrected chi connectivity index (χ0v) is 12.8. The number of hydrogen-bond acceptors (Lipinski definition) is 3. The predicted octanol–water partition coefficient (Wildman–Crippen LogP) is 3.81. The van der Waals surface area contributed by atoms with Gasteiger partial charge in [-0.05, 0) is 42.5 Å². The first kappa shape index (κ1) is 14.3. The summed E-state index contributed by atoms with van der Waals surface area (Å²) in [6, 6.07) is 12.0. The van der Waals surface area contributed by atoms with Crippen LogP contribution < -0.4 is 4.74 Å². The maximum absolute atomic E-state index is 12.2. The van der Waals surface area contributed by atoms with Gasteiger partial charge in [0.1, 0.15) is 5.75 Å². The lowest BCUT2D eigenvalue weighted by Gasteiger charge is -2.09. The molecule has 2 rings (SSSR count). The molecule has 1 aromatic carbocycles. The van der Waals surface area contributed by atoms with Crippen LogP contribution in [0, 0.1) is 0 Å². The van der Waals surface area contributed by atoms with E-state index in [4.69, 9.17) is 4.74 Å². The zero-order valence-electron chi connectivity index (χ0n) is 11.2. The first-order valence-corrected chi connectivity index (χ1v) is 8.50. The molecule has 1 heterocycles. The molecule has 0 saturated heterocycles. The summed E-state index contributed by atoms with van der Waals surface area (Å²) < 4.78 is 17.4. The summed E-state index contributed by atoms with van der Waals surface area (Å²) in [7, 11) is 0.837. The second-order valence-corrected chi connectivity index (χ2v) is 7.20. The van der Waals surface area contributed by atoms with Crippen LogP contribution in [0.3, 0.4) is 0 Å². The molecule has 0 amide bonds. The van der Waals surface area contributed by atoms with Crippen LogP contribution in [0.4, 0.5) is 0 Å². The normalized spacial score (nSPS) is 14.0. The lowest BCUT2D eigenvalue weighted by molar-refractivity contribution is 0.414. The highest BCUT2D eigenvalue weighted by atomic mass is 32.2. The number of rotatable bonds is 6. The average Bonchev–Trinajstić information content (AvgIpc) is 2.98. The van der Waals surface area contributed by atoms with E-state index in [0.717, 1.165) is 12.2 Å². The van der Waals surface area contributed by atoms with Crippen LogP contribution in [0.15, 0.2) is 41.8 Å². The number of ether oxygens (including phenoxy) is 1. The third-order valence-corrected chi connectivity index (χ3v) is 5.94. The Balaban J connectivity index is 1.89. The van der Waals surface area contributed by atoms with E-state index in [2.05, 4.69) is 6.07 Å². The van der Waals surface area contributed by atoms with Gasteiger partial charge in [-0.1, -0.05) is 18.2 Å². The van der Waals surface area contributed by atoms with Gasteiger partial charge in [-0.2, -0.15) is 0 Å². The summed E-state index contributed by atoms with van der Waals surface area (Å²) in [4.78, 5) is 1.20. The fraction of sp³-hybridized carbons (Fsp3) is 0.333. The smallest absolute Gasteiger partial charge is 0.118 e. The number of thiophene rings is 1. The van der Waals surface area contributed by atoms with E-state index < -0.39 is 10.8 Å². The lowest BCUT2D eigenvalue weighted by Crippen LogP contribution is -2.07. The van der Waals surface area contributed by atoms with Crippen molar-refractivity contribution < 1.29 is 8.95 Å². The maximum Gasteiger partial charge on any atom is 0.118 e. The highest BCUT2D eigenvalue weighted by molar-refractivity contribution is 7.85. The Kier molecular flexibility index (Phi) is 5.16. The Labute approximate surface area is 120 Å². The second kappa shape index (κ2) is 6.87. The van der Waals surface area contributed by atoms with Gasteiger partial charge >= 0.3 is 0 Å². The molecule has 0 radical (unpaired) electrons. The molecule has 0 aliphatic rings. The molecule has 19 heavy (non-hydrogen) atoms. The summed E-state index contributed by atoms with van der Waals surface area (Å²) in [5.74, 6) is 1.56. The molecule has 1 aromatic heterocycles. The monoisotopic (exact) mass is 294 g/mol. The van der Waals surface area contributed by atoms with Crippen molar-refractivity contribution in [3.63, 3.8) is 0 Å². The molecular formula is C15H18O2S2. The van der Waals surface area contributed by atoms with E-state index in [1.165, 1.54) is 10.4 Å². The molecule has 0 saturated carbocycles. The van der Waals surface area contributed by atoms with Gasteiger partial charge in [0.25, 0.3) is 0 Å². The van der Waals surface area contributed by atoms with Crippen LogP contribution in [-0.2, 0) is 17.2 Å². The number of benzene rings is 1. The fourth-order valence-corrected chi connectivity index (χ4v) is 4.12. The van der Waals surface area contributed by atoms with Crippen molar-refractivity contribution in [3.8, 4) is 5.75 Å². The Morgan fingerprint density at radius 3 is 2.58 bits per heavy atom. The molecule has 0 spiro atoms. The van der Waals surface area contributed by atoms with E-state index in [0.29, 0.717) is 5.75 Å². The summed E-state index contributed by atoms with van der Waals surface area (Å²) in [5, 5.41) is 2.16. The highest BCUT2D eigenvalue weighted by Gasteiger charge is 2.14. The van der Waals surface area contributed by atoms with Crippen molar-refractivity contribution in [2.75, 3.05) is 12.9 Å². The van der Waals surface area contributed by atoms with Crippen molar-refractivity contribution in [2.45, 2.75) is 18.6 Å². The van der Waals surface area contributed by atoms with Crippen molar-refractivity contribution in [3.05, 3.63) is 52.2 Å². The molecule has 2 aromatic rings. The first-order chi connectivity index (χ1) is 9.20. The van der Waals surface area contributed by atoms with Crippen LogP contribution in [0.2, 0.25) is 0 Å². The van der Waals surface area contributed by atoms with Gasteiger partial charge in [-0.3, -0.25) is 4.21 Å². The molecule has 2 nitrogen and oxygen atoms in total. The van der Waals surface area contributed by atoms with Gasteiger partial charge in [0.2, 0.25) is 0 Å². The highest BCUT2D eigenvalue weighted by Crippen LogP contribution is 2.24. The zero-order chi connectivity index (χ0) is 13.7. The minimum atomic E-state index is -0.823. The van der Waals surface area contributed by atoms with Crippen LogP contribution in [0.5, 0.6) is 5.75 Å². The standard InChI is InChI=1S/C15H18O2S2/c1-12(15-4-3-10-18-15)19(16)11-9-13-5-7-14(17-2)8-6-13/h3-8,10,12H,9,11H2,1-2H3/t12-,19+/m1/s1. The Hall–Kier alpha value is -1.13. The van der Waals surface area contributed by atoms with Crippen molar-refractivity contribution in [1.82, 2.24) is 0 Å². The summed E-state index contributed by atoms with van der Waals surface area (Å²) in [6.07, 6.45) is 0.840. The van der Waals surface area contributed by atoms with Gasteiger partial charge in [0.15, 0.2) is 0 Å². The van der Waals surface area contributed by atoms with E-state index in [9.17, 15) is 4.21 Å². The molecule has 0 bridgehead atoms. The molecular weight excluding hydrogens is 276 g/mol. The molecule has 0 aliphatic carbocycles. The van der Waals surface area contributed by atoms with Gasteiger partial charge in [0.05, 0.1) is 12.4 Å². The Morgan fingerprint density at radius 1 is 1.26 bits per heavy atom. The largest absolute Gasteiger partial charge is 0.497 e. The van der Waals surface area contributed by atoms with Crippen LogP contribution in [0.25, 0.3) is 0 Å². The van der Waals surface area contributed by atoms with Crippen molar-refractivity contribution in [1.29, 1.82) is 0 Å². The average molecular weight is 294 g/mol. The van der Waals surface area contributed by atoms with E-state index >= 15 is 0 Å². The fourth-order valence-electron chi connectivity index (χ4n) is 1.84. The first-order valence-electron chi connectivity index (χ1n) is 6.24. The topological polar surface area (TPSA) is 26.3 Å². The summed E-state index contributed by atoms with van der Waals surface area (Å²) >= 11 is 1.68. The van der Waals surface area contributed by atoms with Crippen LogP contribution in [0.1, 0.15) is 22.6 Å². The van der Waals surface area contributed by atoms with Gasteiger partial charge in [0, 0.05) is 21.4 Å². The SMILES string of the molecule is COc1ccc(CC[S@](=O)[C@H](C)c2cccs2)cc1. The maximum atomic E-state index is 12.2. The number of methoxy groups -OCH3 is 1. The third kappa shape index (κ3) is 3.91. The molecule has 0 aliphatic heterocycles. The van der Waals surface area contributed by atoms with Crippen molar-refractivity contribution in [2.24, 2.45) is 0 Å². The van der Waals surface area contributed by atoms with Gasteiger partial charge in [-0.25, -0.2) is 0 Å². The third-order valence-electron chi connectivity index (χ3n) is 3.09. The molecule has 0 N–H and O–H groups in total. The summed E-state index contributed by atoms with van der Waals surface area (Å²) in [6.45, 7) is 2.04. The molecule has 2 atom stereocenters. The Bertz CT molecular complexity index is 518. The van der Waals surface area contributed by atoms with Gasteiger partial charge < -0.3 is 4.74 Å². The quantitative estimate of drug-likeness (QED) is 0.810. The molecule has 0 fully saturated rings. The molecule has 0 unspecified atom stereocenters. The lowest BCUT2D eigenvalue weighted by atomic mass is 10.2. The van der Waals surface area contributed by atoms with E-state index in [1.54, 1.807) is 18.4 Å². The number of hydrogen-bond donors (Lipinski definition) is 0. The van der Waals surface area contributed by atoms with Crippen molar-refractivity contribution >= 4 is 22.1 Å². The van der Waals surface area contributed by atoms with E-state index in [1.807, 2.05) is 42.6 Å². The van der Waals surface area contributed by atoms with Gasteiger partial charge in [-0.15, -0.1) is 11.3 Å². The number of aryl methyl sites for hydroxylation is 1. The van der Waals surface area contributed by atoms with Crippen LogP contribution in [-0.4, -0.2) is 17.1 Å². The Morgan fingerprint density at radius 2 is 2.00 bits per heavy atom. The summed E-state index contributed by atoms with van der Waals surface area (Å²) in [5.41, 5.74) is 1.20. The minimum absolute atomic E-state index is 0.123. The predicted molar refractivity (Wildman–Crippen MR) is 82.4 cm³/mol. The second-order valence-electron chi connectivity index (χ2n) is 4.34. The van der Waals surface area contributed by atoms with E-state index in [-0.39, 0.29) is 5.25 Å². The van der Waals surface area contributed by atoms with Crippen LogP contribution >= 0.6 is 11.3 Å². The molecule has 4 heteroatoms. The molecule has 102 valence electrons. The minimum Gasteiger partial charge on any atom is -0.497 e.